The Bertz CT molecular complexity index is 3090. The van der Waals surface area contributed by atoms with Crippen molar-refractivity contribution in [2.24, 2.45) is 14.1 Å². The fourth-order valence-corrected chi connectivity index (χ4v) is 9.57. The molecule has 0 amide bonds. The van der Waals surface area contributed by atoms with Crippen LogP contribution in [0.15, 0.2) is 156 Å². The van der Waals surface area contributed by atoms with E-state index in [1.807, 2.05) is 130 Å². The average Bonchev–Trinajstić information content (AvgIpc) is 3.39. The summed E-state index contributed by atoms with van der Waals surface area (Å²) in [5.74, 6) is 0. The number of hydrogen-bond donors (Lipinski definition) is 1. The number of hydrogen-bond acceptors (Lipinski definition) is 11. The van der Waals surface area contributed by atoms with Gasteiger partial charge in [0.25, 0.3) is 0 Å². The van der Waals surface area contributed by atoms with Crippen molar-refractivity contribution in [3.05, 3.63) is 201 Å². The molecular weight excluding hydrogens is 861 g/mol. The van der Waals surface area contributed by atoms with E-state index in [2.05, 4.69) is 68.8 Å². The second-order valence-corrected chi connectivity index (χ2v) is 18.1. The van der Waals surface area contributed by atoms with Crippen LogP contribution >= 0.6 is 0 Å². The van der Waals surface area contributed by atoms with E-state index in [4.69, 9.17) is 0 Å². The molecule has 10 rings (SSSR count). The molecule has 2 aromatic carbocycles. The summed E-state index contributed by atoms with van der Waals surface area (Å²) in [6, 6.07) is 32.2. The van der Waals surface area contributed by atoms with E-state index < -0.39 is 0 Å². The van der Waals surface area contributed by atoms with Gasteiger partial charge in [-0.15, -0.1) is 0 Å². The number of nitrogens with zero attached hydrogens (tertiary/aromatic N) is 9. The zero-order chi connectivity index (χ0) is 48.1. The lowest BCUT2D eigenvalue weighted by atomic mass is 10.0. The molecule has 0 radical (unpaired) electrons. The Hall–Kier alpha value is -7.35. The molecule has 8 heterocycles. The van der Waals surface area contributed by atoms with Gasteiger partial charge in [0.1, 0.15) is 6.29 Å². The van der Waals surface area contributed by atoms with Gasteiger partial charge < -0.3 is 24.3 Å². The molecule has 2 fully saturated rings. The lowest BCUT2D eigenvalue weighted by Gasteiger charge is -2.40. The molecule has 13 nitrogen and oxygen atoms in total. The van der Waals surface area contributed by atoms with Crippen LogP contribution in [0.25, 0.3) is 21.8 Å². The van der Waals surface area contributed by atoms with Crippen molar-refractivity contribution in [1.82, 2.24) is 39.3 Å². The number of carbonyl (C=O) groups is 1. The summed E-state index contributed by atoms with van der Waals surface area (Å²) < 4.78 is 4.11. The minimum Gasteiger partial charge on any atom is -0.369 e. The first-order chi connectivity index (χ1) is 33.6. The smallest absolute Gasteiger partial charge is 0.193 e. The van der Waals surface area contributed by atoms with Crippen LogP contribution in [0.4, 0.5) is 11.4 Å². The van der Waals surface area contributed by atoms with Gasteiger partial charge in [0, 0.05) is 148 Å². The van der Waals surface area contributed by atoms with Gasteiger partial charge >= 0.3 is 0 Å². The Morgan fingerprint density at radius 3 is 1.83 bits per heavy atom. The van der Waals surface area contributed by atoms with Crippen LogP contribution in [0.1, 0.15) is 64.1 Å². The first-order valence-electron chi connectivity index (χ1n) is 23.8. The number of rotatable bonds is 11. The maximum atomic E-state index is 13.4. The van der Waals surface area contributed by atoms with Crippen molar-refractivity contribution in [3.8, 4) is 0 Å². The minimum atomic E-state index is 0.129. The third-order valence-corrected chi connectivity index (χ3v) is 13.1. The highest BCUT2D eigenvalue weighted by atomic mass is 16.1. The second kappa shape index (κ2) is 23.1. The van der Waals surface area contributed by atoms with Gasteiger partial charge in [-0.25, -0.2) is 0 Å². The zero-order valence-electron chi connectivity index (χ0n) is 40.1. The van der Waals surface area contributed by atoms with Crippen LogP contribution in [-0.4, -0.2) is 78.5 Å². The van der Waals surface area contributed by atoms with Crippen LogP contribution in [0, 0.1) is 13.8 Å². The monoisotopic (exact) mass is 923 g/mol. The quantitative estimate of drug-likeness (QED) is 0.126. The Balaban J connectivity index is 0.000000161. The molecule has 0 unspecified atom stereocenters. The third-order valence-electron chi connectivity index (χ3n) is 13.1. The van der Waals surface area contributed by atoms with E-state index in [9.17, 15) is 14.4 Å². The van der Waals surface area contributed by atoms with Crippen LogP contribution in [0.2, 0.25) is 0 Å². The lowest BCUT2D eigenvalue weighted by molar-refractivity contribution is 0.112. The molecule has 354 valence electrons. The lowest BCUT2D eigenvalue weighted by Crippen LogP contribution is -2.48. The predicted octanol–water partition coefficient (Wildman–Crippen LogP) is 8.20. The first kappa shape index (κ1) is 48.1. The summed E-state index contributed by atoms with van der Waals surface area (Å²) >= 11 is 0. The van der Waals surface area contributed by atoms with Crippen LogP contribution in [0.5, 0.6) is 0 Å². The fourth-order valence-electron chi connectivity index (χ4n) is 9.57. The van der Waals surface area contributed by atoms with Crippen molar-refractivity contribution in [3.63, 3.8) is 0 Å². The summed E-state index contributed by atoms with van der Waals surface area (Å²) in [6.07, 6.45) is 20.3. The predicted molar refractivity (Wildman–Crippen MR) is 277 cm³/mol. The molecule has 6 aromatic heterocycles. The van der Waals surface area contributed by atoms with Gasteiger partial charge in [-0.3, -0.25) is 39.2 Å². The number of fused-ring (bicyclic) bond motifs is 2. The van der Waals surface area contributed by atoms with E-state index in [0.717, 1.165) is 115 Å². The van der Waals surface area contributed by atoms with Crippen molar-refractivity contribution < 1.29 is 4.79 Å². The van der Waals surface area contributed by atoms with E-state index in [1.165, 1.54) is 11.3 Å². The van der Waals surface area contributed by atoms with Crippen LogP contribution in [0.3, 0.4) is 0 Å². The highest BCUT2D eigenvalue weighted by molar-refractivity contribution is 5.80. The topological polar surface area (TPSA) is 134 Å². The van der Waals surface area contributed by atoms with Crippen LogP contribution in [-0.2, 0) is 33.7 Å². The number of para-hydroxylation sites is 2. The molecule has 1 N–H and O–H groups in total. The largest absolute Gasteiger partial charge is 0.369 e. The number of aromatic nitrogens is 6. The molecule has 2 aliphatic rings. The number of carbonyl (C=O) groups excluding carboxylic acids is 1. The maximum absolute atomic E-state index is 13.4. The number of aryl methyl sites for hydroxylation is 4. The average molecular weight is 923 g/mol. The number of anilines is 2. The summed E-state index contributed by atoms with van der Waals surface area (Å²) in [4.78, 5) is 60.4. The number of pyridine rings is 6. The summed E-state index contributed by atoms with van der Waals surface area (Å²) in [6.45, 7) is 9.83. The highest BCUT2D eigenvalue weighted by Gasteiger charge is 2.27. The summed E-state index contributed by atoms with van der Waals surface area (Å²) in [5.41, 5.74) is 9.99. The molecule has 0 aliphatic carbocycles. The summed E-state index contributed by atoms with van der Waals surface area (Å²) in [5, 5.41) is 5.16. The standard InChI is InChI=1S/C28H31N5O.C21H24N4O.C7H7NO/c1-21-15-22(11-13-30-21)17-33(25-8-6-14-32(20-25)24-7-5-12-29-16-24)19-23-18-31(2)27-10-4-3-9-26(27)28(23)34;1-24-14-16(21(26)19-8-2-3-9-20(19)24)12-23-17-6-5-11-25(15-17)18-7-4-10-22-13-18;1-6-4-7(5-9)2-3-8-6/h3-5,7,9-13,15-16,18,25H,6,8,14,17,19-20H2,1-2H3;2-4,7-10,13-14,17,23H,5-6,11-12,15H2,1H3;2-5H,1H3/t25-;17-;/m00./s1. The Kier molecular flexibility index (Phi) is 16.1. The minimum absolute atomic E-state index is 0.129. The van der Waals surface area contributed by atoms with Crippen molar-refractivity contribution in [1.29, 1.82) is 0 Å². The first-order valence-corrected chi connectivity index (χ1v) is 23.8. The molecule has 2 saturated heterocycles. The zero-order valence-corrected chi connectivity index (χ0v) is 40.1. The van der Waals surface area contributed by atoms with Gasteiger partial charge in [-0.1, -0.05) is 24.3 Å². The molecule has 8 aromatic rings. The van der Waals surface area contributed by atoms with Crippen molar-refractivity contribution in [2.75, 3.05) is 36.0 Å². The molecule has 0 spiro atoms. The highest BCUT2D eigenvalue weighted by Crippen LogP contribution is 2.25. The van der Waals surface area contributed by atoms with E-state index >= 15 is 0 Å². The van der Waals surface area contributed by atoms with Gasteiger partial charge in [0.2, 0.25) is 0 Å². The molecule has 2 aliphatic heterocycles. The number of nitrogens with one attached hydrogen (secondary N) is 1. The van der Waals surface area contributed by atoms with Gasteiger partial charge in [-0.05, 0) is 118 Å². The molecule has 13 heteroatoms. The van der Waals surface area contributed by atoms with Crippen LogP contribution < -0.4 is 26.0 Å². The Labute approximate surface area is 404 Å². The molecule has 69 heavy (non-hydrogen) atoms. The van der Waals surface area contributed by atoms with Crippen molar-refractivity contribution >= 4 is 39.5 Å². The van der Waals surface area contributed by atoms with E-state index in [-0.39, 0.29) is 10.9 Å². The summed E-state index contributed by atoms with van der Waals surface area (Å²) in [7, 11) is 4.02. The Morgan fingerprint density at radius 2 is 1.23 bits per heavy atom. The fraction of sp³-hybridized carbons (Fsp3) is 0.304. The van der Waals surface area contributed by atoms with E-state index in [0.29, 0.717) is 30.7 Å². The van der Waals surface area contributed by atoms with Gasteiger partial charge in [0.05, 0.1) is 34.8 Å². The third kappa shape index (κ3) is 12.4. The van der Waals surface area contributed by atoms with Crippen molar-refractivity contribution in [2.45, 2.75) is 71.2 Å². The molecule has 0 saturated carbocycles. The SMILES string of the molecule is Cc1cc(C=O)ccn1.Cc1cc(CN(Cc2cn(C)c3ccccc3c2=O)[C@H]2CCCN(c3cccnc3)C2)ccn1.Cn1cc(CN[C@H]2CCCN(c3cccnc3)C2)c(=O)c2ccccc21. The maximum Gasteiger partial charge on any atom is 0.193 e. The van der Waals surface area contributed by atoms with Gasteiger partial charge in [0.15, 0.2) is 10.9 Å². The normalized spacial score (nSPS) is 15.8. The molecule has 2 atom stereocenters. The second-order valence-electron chi connectivity index (χ2n) is 18.1. The number of piperidine rings is 2. The number of benzene rings is 2. The Morgan fingerprint density at radius 1 is 0.652 bits per heavy atom. The van der Waals surface area contributed by atoms with Gasteiger partial charge in [-0.2, -0.15) is 0 Å². The number of aldehydes is 1. The molecular formula is C56H62N10O3. The molecule has 0 bridgehead atoms. The van der Waals surface area contributed by atoms with E-state index in [1.54, 1.807) is 24.5 Å².